The fourth-order valence-electron chi connectivity index (χ4n) is 1.15. The van der Waals surface area contributed by atoms with Crippen molar-refractivity contribution in [3.63, 3.8) is 0 Å². The van der Waals surface area contributed by atoms with Gasteiger partial charge in [0.05, 0.1) is 11.1 Å². The summed E-state index contributed by atoms with van der Waals surface area (Å²) in [5, 5.41) is 3.27. The lowest BCUT2D eigenvalue weighted by molar-refractivity contribution is 0.200. The first kappa shape index (κ1) is 13.3. The average molecular weight is 289 g/mol. The highest BCUT2D eigenvalue weighted by molar-refractivity contribution is 9.10. The third-order valence-corrected chi connectivity index (χ3v) is 2.46. The Balaban J connectivity index is 2.24. The van der Waals surface area contributed by atoms with Crippen molar-refractivity contribution < 1.29 is 4.74 Å². The van der Waals surface area contributed by atoms with Gasteiger partial charge in [0, 0.05) is 46.2 Å². The smallest absolute Gasteiger partial charge is 0.225 e. The lowest BCUT2D eigenvalue weighted by atomic mass is 10.5. The van der Waals surface area contributed by atoms with Crippen LogP contribution >= 0.6 is 15.9 Å². The molecule has 0 aliphatic rings. The van der Waals surface area contributed by atoms with Crippen LogP contribution in [0.15, 0.2) is 16.9 Å². The molecule has 90 valence electrons. The van der Waals surface area contributed by atoms with Crippen LogP contribution in [0, 0.1) is 0 Å². The van der Waals surface area contributed by atoms with Gasteiger partial charge in [-0.1, -0.05) is 0 Å². The molecule has 1 heterocycles. The second-order valence-electron chi connectivity index (χ2n) is 3.37. The summed E-state index contributed by atoms with van der Waals surface area (Å²) in [4.78, 5) is 10.4. The number of nitrogens with zero attached hydrogens (tertiary/aromatic N) is 3. The van der Waals surface area contributed by atoms with Crippen molar-refractivity contribution in [1.82, 2.24) is 15.3 Å². The fraction of sp³-hybridized carbons (Fsp3) is 0.600. The Kier molecular flexibility index (Phi) is 6.29. The van der Waals surface area contributed by atoms with E-state index in [1.807, 2.05) is 11.9 Å². The Morgan fingerprint density at radius 3 is 2.69 bits per heavy atom. The molecule has 1 aromatic rings. The largest absolute Gasteiger partial charge is 0.383 e. The topological polar surface area (TPSA) is 50.3 Å². The number of hydrogen-bond acceptors (Lipinski definition) is 5. The average Bonchev–Trinajstić information content (AvgIpc) is 2.29. The van der Waals surface area contributed by atoms with Gasteiger partial charge < -0.3 is 15.0 Å². The summed E-state index contributed by atoms with van der Waals surface area (Å²) in [6.07, 6.45) is 3.49. The van der Waals surface area contributed by atoms with E-state index in [1.54, 1.807) is 19.5 Å². The summed E-state index contributed by atoms with van der Waals surface area (Å²) < 4.78 is 5.83. The predicted molar refractivity (Wildman–Crippen MR) is 67.7 cm³/mol. The third kappa shape index (κ3) is 4.87. The molecule has 1 N–H and O–H groups in total. The number of ether oxygens (including phenoxy) is 1. The number of methoxy groups -OCH3 is 1. The Labute approximate surface area is 104 Å². The van der Waals surface area contributed by atoms with Crippen molar-refractivity contribution >= 4 is 21.9 Å². The molecule has 0 bridgehead atoms. The van der Waals surface area contributed by atoms with Gasteiger partial charge in [-0.05, 0) is 15.9 Å². The van der Waals surface area contributed by atoms with E-state index in [4.69, 9.17) is 4.74 Å². The Morgan fingerprint density at radius 1 is 1.38 bits per heavy atom. The predicted octanol–water partition coefficient (Wildman–Crippen LogP) is 0.911. The molecule has 0 atom stereocenters. The van der Waals surface area contributed by atoms with E-state index in [9.17, 15) is 0 Å². The molecule has 0 spiro atoms. The van der Waals surface area contributed by atoms with Crippen molar-refractivity contribution in [2.24, 2.45) is 0 Å². The van der Waals surface area contributed by atoms with Crippen LogP contribution in [0.1, 0.15) is 0 Å². The number of anilines is 1. The van der Waals surface area contributed by atoms with Crippen LogP contribution in [0.4, 0.5) is 5.95 Å². The van der Waals surface area contributed by atoms with Crippen LogP contribution in [0.3, 0.4) is 0 Å². The maximum atomic E-state index is 4.94. The summed E-state index contributed by atoms with van der Waals surface area (Å²) in [5.74, 6) is 0.733. The van der Waals surface area contributed by atoms with Crippen LogP contribution in [-0.2, 0) is 4.74 Å². The number of halogens is 1. The molecular weight excluding hydrogens is 272 g/mol. The molecule has 0 unspecified atom stereocenters. The van der Waals surface area contributed by atoms with Gasteiger partial charge in [0.1, 0.15) is 0 Å². The van der Waals surface area contributed by atoms with Crippen molar-refractivity contribution in [2.75, 3.05) is 45.3 Å². The lowest BCUT2D eigenvalue weighted by Crippen LogP contribution is -2.31. The van der Waals surface area contributed by atoms with E-state index in [-0.39, 0.29) is 0 Å². The molecular formula is C10H17BrN4O. The van der Waals surface area contributed by atoms with Crippen molar-refractivity contribution in [1.29, 1.82) is 0 Å². The maximum absolute atomic E-state index is 4.94. The van der Waals surface area contributed by atoms with Crippen LogP contribution in [-0.4, -0.2) is 50.4 Å². The summed E-state index contributed by atoms with van der Waals surface area (Å²) in [7, 11) is 3.67. The summed E-state index contributed by atoms with van der Waals surface area (Å²) in [6.45, 7) is 3.36. The molecule has 0 saturated heterocycles. The molecule has 1 aromatic heterocycles. The van der Waals surface area contributed by atoms with Gasteiger partial charge in [-0.15, -0.1) is 0 Å². The minimum atomic E-state index is 0.733. The standard InChI is InChI=1S/C10H17BrN4O/c1-15(5-3-12-4-6-16-2)10-13-7-9(11)8-14-10/h7-8,12H,3-6H2,1-2H3. The van der Waals surface area contributed by atoms with Gasteiger partial charge in [0.25, 0.3) is 0 Å². The Bertz CT molecular complexity index is 293. The molecule has 0 saturated carbocycles. The number of nitrogens with one attached hydrogen (secondary N) is 1. The first-order valence-corrected chi connectivity index (χ1v) is 5.91. The number of likely N-dealkylation sites (N-methyl/N-ethyl adjacent to an activating group) is 1. The molecule has 0 aromatic carbocycles. The van der Waals surface area contributed by atoms with E-state index < -0.39 is 0 Å². The van der Waals surface area contributed by atoms with E-state index >= 15 is 0 Å². The molecule has 1 rings (SSSR count). The van der Waals surface area contributed by atoms with Crippen molar-refractivity contribution in [3.05, 3.63) is 16.9 Å². The van der Waals surface area contributed by atoms with Crippen molar-refractivity contribution in [2.45, 2.75) is 0 Å². The van der Waals surface area contributed by atoms with Gasteiger partial charge in [-0.2, -0.15) is 0 Å². The molecule has 16 heavy (non-hydrogen) atoms. The molecule has 6 heteroatoms. The van der Waals surface area contributed by atoms with E-state index in [0.717, 1.165) is 36.7 Å². The minimum Gasteiger partial charge on any atom is -0.383 e. The summed E-state index contributed by atoms with van der Waals surface area (Å²) in [5.41, 5.74) is 0. The van der Waals surface area contributed by atoms with Gasteiger partial charge in [-0.25, -0.2) is 9.97 Å². The zero-order chi connectivity index (χ0) is 11.8. The van der Waals surface area contributed by atoms with E-state index in [2.05, 4.69) is 31.2 Å². The number of hydrogen-bond donors (Lipinski definition) is 1. The molecule has 0 fully saturated rings. The fourth-order valence-corrected chi connectivity index (χ4v) is 1.35. The normalized spacial score (nSPS) is 10.4. The zero-order valence-electron chi connectivity index (χ0n) is 9.61. The Morgan fingerprint density at radius 2 is 2.06 bits per heavy atom. The van der Waals surface area contributed by atoms with Gasteiger partial charge in [0.2, 0.25) is 5.95 Å². The quantitative estimate of drug-likeness (QED) is 0.756. The van der Waals surface area contributed by atoms with Crippen LogP contribution in [0.2, 0.25) is 0 Å². The summed E-state index contributed by atoms with van der Waals surface area (Å²) >= 11 is 3.31. The third-order valence-electron chi connectivity index (χ3n) is 2.06. The highest BCUT2D eigenvalue weighted by Crippen LogP contribution is 2.08. The van der Waals surface area contributed by atoms with Gasteiger partial charge in [-0.3, -0.25) is 0 Å². The lowest BCUT2D eigenvalue weighted by Gasteiger charge is -2.16. The Hall–Kier alpha value is -0.720. The summed E-state index contributed by atoms with van der Waals surface area (Å²) in [6, 6.07) is 0. The van der Waals surface area contributed by atoms with Crippen molar-refractivity contribution in [3.8, 4) is 0 Å². The zero-order valence-corrected chi connectivity index (χ0v) is 11.2. The van der Waals surface area contributed by atoms with Gasteiger partial charge in [0.15, 0.2) is 0 Å². The molecule has 5 nitrogen and oxygen atoms in total. The van der Waals surface area contributed by atoms with E-state index in [0.29, 0.717) is 0 Å². The van der Waals surface area contributed by atoms with Crippen LogP contribution < -0.4 is 10.2 Å². The highest BCUT2D eigenvalue weighted by atomic mass is 79.9. The monoisotopic (exact) mass is 288 g/mol. The van der Waals surface area contributed by atoms with Crippen LogP contribution in [0.25, 0.3) is 0 Å². The first-order chi connectivity index (χ1) is 7.74. The number of rotatable bonds is 7. The highest BCUT2D eigenvalue weighted by Gasteiger charge is 2.02. The first-order valence-electron chi connectivity index (χ1n) is 5.12. The second kappa shape index (κ2) is 7.54. The maximum Gasteiger partial charge on any atom is 0.225 e. The van der Waals surface area contributed by atoms with E-state index in [1.165, 1.54) is 0 Å². The molecule has 0 amide bonds. The molecule has 0 radical (unpaired) electrons. The number of aromatic nitrogens is 2. The minimum absolute atomic E-state index is 0.733. The molecule has 0 aliphatic carbocycles. The van der Waals surface area contributed by atoms with Crippen LogP contribution in [0.5, 0.6) is 0 Å². The SMILES string of the molecule is COCCNCCN(C)c1ncc(Br)cn1. The second-order valence-corrected chi connectivity index (χ2v) is 4.28. The van der Waals surface area contributed by atoms with Gasteiger partial charge >= 0.3 is 0 Å². The molecule has 0 aliphatic heterocycles.